The molecule has 0 atom stereocenters. The molecule has 0 aliphatic heterocycles. The van der Waals surface area contributed by atoms with Crippen LogP contribution in [0, 0.1) is 13.8 Å². The molecule has 0 unspecified atom stereocenters. The van der Waals surface area contributed by atoms with Crippen LogP contribution in [-0.2, 0) is 19.3 Å². The number of rotatable bonds is 5. The van der Waals surface area contributed by atoms with Crippen molar-refractivity contribution in [3.63, 3.8) is 0 Å². The highest BCUT2D eigenvalue weighted by Crippen LogP contribution is 2.34. The fourth-order valence-corrected chi connectivity index (χ4v) is 3.51. The second kappa shape index (κ2) is 8.43. The Balaban J connectivity index is 2.29. The number of nitrogens with zero attached hydrogens (tertiary/aromatic N) is 1. The molecule has 1 N–H and O–H groups in total. The third kappa shape index (κ3) is 4.54. The summed E-state index contributed by atoms with van der Waals surface area (Å²) >= 11 is 5.48. The van der Waals surface area contributed by atoms with E-state index in [1.807, 2.05) is 32.0 Å². The van der Waals surface area contributed by atoms with Crippen molar-refractivity contribution in [1.29, 1.82) is 0 Å². The number of alkyl halides is 3. The molecule has 0 saturated carbocycles. The molecule has 152 valence electrons. The first-order valence-corrected chi connectivity index (χ1v) is 9.39. The number of aromatic nitrogens is 1. The predicted octanol–water partition coefficient (Wildman–Crippen LogP) is 5.44. The van der Waals surface area contributed by atoms with Gasteiger partial charge in [-0.2, -0.15) is 13.2 Å². The van der Waals surface area contributed by atoms with Crippen molar-refractivity contribution < 1.29 is 13.2 Å². The highest BCUT2D eigenvalue weighted by Gasteiger charge is 2.36. The summed E-state index contributed by atoms with van der Waals surface area (Å²) in [5.41, 5.74) is 1.54. The summed E-state index contributed by atoms with van der Waals surface area (Å²) < 4.78 is 42.5. The van der Waals surface area contributed by atoms with Crippen LogP contribution in [0.2, 0.25) is 0 Å². The lowest BCUT2D eigenvalue weighted by molar-refractivity contribution is -0.138. The maximum Gasteiger partial charge on any atom is 0.417 e. The molecule has 2 aromatic carbocycles. The van der Waals surface area contributed by atoms with Gasteiger partial charge in [-0.3, -0.25) is 4.79 Å². The largest absolute Gasteiger partial charge is 0.417 e. The zero-order valence-corrected chi connectivity index (χ0v) is 16.7. The van der Waals surface area contributed by atoms with Gasteiger partial charge in [-0.05, 0) is 48.4 Å². The first-order chi connectivity index (χ1) is 13.7. The monoisotopic (exact) mass is 420 g/mol. The van der Waals surface area contributed by atoms with Gasteiger partial charge in [0, 0.05) is 12.1 Å². The van der Waals surface area contributed by atoms with E-state index in [1.54, 1.807) is 30.3 Å². The molecule has 1 heterocycles. The van der Waals surface area contributed by atoms with Crippen molar-refractivity contribution in [2.24, 2.45) is 0 Å². The summed E-state index contributed by atoms with van der Waals surface area (Å²) in [6, 6.07) is 15.4. The molecule has 0 bridgehead atoms. The number of hydrogen-bond donors (Lipinski definition) is 1. The Morgan fingerprint density at radius 1 is 1.03 bits per heavy atom. The van der Waals surface area contributed by atoms with Gasteiger partial charge in [0.05, 0.1) is 17.8 Å². The van der Waals surface area contributed by atoms with Gasteiger partial charge < -0.3 is 4.57 Å². The van der Waals surface area contributed by atoms with Crippen molar-refractivity contribution in [1.82, 2.24) is 9.40 Å². The topological polar surface area (TPSA) is 34.0 Å². The lowest BCUT2D eigenvalue weighted by atomic mass is 10.0. The summed E-state index contributed by atoms with van der Waals surface area (Å²) in [6.45, 7) is 3.64. The van der Waals surface area contributed by atoms with Crippen LogP contribution in [0.1, 0.15) is 27.8 Å². The molecule has 0 saturated heterocycles. The van der Waals surface area contributed by atoms with E-state index < -0.39 is 29.4 Å². The second-order valence-electron chi connectivity index (χ2n) is 6.92. The van der Waals surface area contributed by atoms with E-state index in [4.69, 9.17) is 11.8 Å². The van der Waals surface area contributed by atoms with Gasteiger partial charge in [0.15, 0.2) is 0 Å². The summed E-state index contributed by atoms with van der Waals surface area (Å²) in [6.07, 6.45) is -4.68. The molecule has 0 aliphatic rings. The molecular weight excluding hydrogens is 401 g/mol. The highest BCUT2D eigenvalue weighted by molar-refractivity contribution is 6.13. The Hall–Kier alpha value is -2.57. The Kier molecular flexibility index (Phi) is 6.15. The quantitative estimate of drug-likeness (QED) is 0.557. The van der Waals surface area contributed by atoms with Crippen LogP contribution in [0.3, 0.4) is 0 Å². The molecule has 0 spiro atoms. The summed E-state index contributed by atoms with van der Waals surface area (Å²) in [4.78, 5) is 15.3. The molecule has 3 nitrogen and oxygen atoms in total. The summed E-state index contributed by atoms with van der Waals surface area (Å²) in [7, 11) is 0. The zero-order chi connectivity index (χ0) is 21.2. The van der Waals surface area contributed by atoms with Gasteiger partial charge in [-0.15, -0.1) is 0 Å². The summed E-state index contributed by atoms with van der Waals surface area (Å²) in [5, 5.41) is 0. The first kappa shape index (κ1) is 21.1. The molecular formula is C22H20ClF3N2O. The van der Waals surface area contributed by atoms with Crippen LogP contribution in [0.4, 0.5) is 13.2 Å². The van der Waals surface area contributed by atoms with Crippen molar-refractivity contribution in [3.05, 3.63) is 92.8 Å². The van der Waals surface area contributed by atoms with Crippen LogP contribution in [0.5, 0.6) is 0 Å². The van der Waals surface area contributed by atoms with E-state index in [-0.39, 0.29) is 12.2 Å². The number of benzene rings is 2. The SMILES string of the molecule is Cc1ccc(Cn2c(-c3ccccc3)cc(C(F)(F)F)c(CNCl)c2=O)c(C)c1. The first-order valence-electron chi connectivity index (χ1n) is 9.01. The molecule has 7 heteroatoms. The van der Waals surface area contributed by atoms with Crippen molar-refractivity contribution in [3.8, 4) is 11.3 Å². The van der Waals surface area contributed by atoms with Crippen LogP contribution in [-0.4, -0.2) is 4.57 Å². The normalized spacial score (nSPS) is 11.7. The number of nitrogens with one attached hydrogen (secondary N) is 1. The molecule has 0 aliphatic carbocycles. The van der Waals surface area contributed by atoms with Gasteiger partial charge in [-0.1, -0.05) is 54.1 Å². The molecule has 1 aromatic heterocycles. The number of aryl methyl sites for hydroxylation is 2. The molecule has 0 radical (unpaired) electrons. The zero-order valence-electron chi connectivity index (χ0n) is 16.0. The number of pyridine rings is 1. The lowest BCUT2D eigenvalue weighted by Gasteiger charge is -2.20. The average molecular weight is 421 g/mol. The fourth-order valence-electron chi connectivity index (χ4n) is 3.38. The van der Waals surface area contributed by atoms with Gasteiger partial charge in [-0.25, -0.2) is 4.84 Å². The minimum Gasteiger partial charge on any atom is -0.304 e. The molecule has 0 amide bonds. The Labute approximate surface area is 171 Å². The highest BCUT2D eigenvalue weighted by atomic mass is 35.5. The van der Waals surface area contributed by atoms with E-state index >= 15 is 0 Å². The van der Waals surface area contributed by atoms with Gasteiger partial charge in [0.25, 0.3) is 5.56 Å². The van der Waals surface area contributed by atoms with Crippen LogP contribution >= 0.6 is 11.8 Å². The minimum atomic E-state index is -4.68. The number of hydrogen-bond acceptors (Lipinski definition) is 2. The van der Waals surface area contributed by atoms with Gasteiger partial charge >= 0.3 is 6.18 Å². The van der Waals surface area contributed by atoms with E-state index in [1.165, 1.54) is 4.57 Å². The van der Waals surface area contributed by atoms with Crippen LogP contribution in [0.15, 0.2) is 59.4 Å². The Bertz CT molecular complexity index is 1080. The second-order valence-corrected chi connectivity index (χ2v) is 7.18. The van der Waals surface area contributed by atoms with Crippen molar-refractivity contribution >= 4 is 11.8 Å². The third-order valence-electron chi connectivity index (χ3n) is 4.85. The lowest BCUT2D eigenvalue weighted by Crippen LogP contribution is -2.31. The van der Waals surface area contributed by atoms with E-state index in [9.17, 15) is 18.0 Å². The smallest absolute Gasteiger partial charge is 0.304 e. The standard InChI is InChI=1S/C22H20ClF3N2O/c1-14-8-9-17(15(2)10-14)13-28-20(16-6-4-3-5-7-16)11-19(22(24,25)26)18(12-27-23)21(28)29/h3-11,27H,12-13H2,1-2H3. The van der Waals surface area contributed by atoms with Crippen molar-refractivity contribution in [2.75, 3.05) is 0 Å². The van der Waals surface area contributed by atoms with E-state index in [0.717, 1.165) is 22.8 Å². The maximum atomic E-state index is 13.7. The predicted molar refractivity (Wildman–Crippen MR) is 109 cm³/mol. The van der Waals surface area contributed by atoms with Gasteiger partial charge in [0.2, 0.25) is 0 Å². The number of halogens is 4. The molecule has 29 heavy (non-hydrogen) atoms. The maximum absolute atomic E-state index is 13.7. The molecule has 0 fully saturated rings. The Morgan fingerprint density at radius 3 is 2.31 bits per heavy atom. The van der Waals surface area contributed by atoms with E-state index in [2.05, 4.69) is 4.84 Å². The average Bonchev–Trinajstić information content (AvgIpc) is 2.66. The Morgan fingerprint density at radius 2 is 1.72 bits per heavy atom. The fraction of sp³-hybridized carbons (Fsp3) is 0.227. The van der Waals surface area contributed by atoms with Crippen LogP contribution < -0.4 is 10.4 Å². The summed E-state index contributed by atoms with van der Waals surface area (Å²) in [5.74, 6) is 0. The molecule has 3 aromatic rings. The molecule has 3 rings (SSSR count). The van der Waals surface area contributed by atoms with E-state index in [0.29, 0.717) is 5.56 Å². The van der Waals surface area contributed by atoms with Gasteiger partial charge in [0.1, 0.15) is 0 Å². The third-order valence-corrected chi connectivity index (χ3v) is 4.98. The van der Waals surface area contributed by atoms with Crippen LogP contribution in [0.25, 0.3) is 11.3 Å². The minimum absolute atomic E-state index is 0.155. The van der Waals surface area contributed by atoms with Crippen molar-refractivity contribution in [2.45, 2.75) is 33.1 Å².